The first-order valence-corrected chi connectivity index (χ1v) is 10.0. The number of ether oxygens (including phenoxy) is 1. The van der Waals surface area contributed by atoms with Gasteiger partial charge in [-0.2, -0.15) is 9.57 Å². The van der Waals surface area contributed by atoms with Crippen LogP contribution in [0.1, 0.15) is 35.1 Å². The predicted molar refractivity (Wildman–Crippen MR) is 97.4 cm³/mol. The minimum absolute atomic E-state index is 0.104. The number of nitriles is 1. The number of nitrogens with zero attached hydrogens (tertiary/aromatic N) is 2. The van der Waals surface area contributed by atoms with Crippen LogP contribution in [0.4, 0.5) is 0 Å². The molecule has 2 aliphatic rings. The Kier molecular flexibility index (Phi) is 3.83. The first kappa shape index (κ1) is 17.1. The number of hydrogen-bond donors (Lipinski definition) is 0. The first-order valence-electron chi connectivity index (χ1n) is 8.58. The summed E-state index contributed by atoms with van der Waals surface area (Å²) in [5.41, 5.74) is 3.01. The highest BCUT2D eigenvalue weighted by Gasteiger charge is 2.51. The van der Waals surface area contributed by atoms with Crippen molar-refractivity contribution in [3.05, 3.63) is 58.7 Å². The summed E-state index contributed by atoms with van der Waals surface area (Å²) in [5, 5.41) is 9.44. The molecule has 0 saturated heterocycles. The second-order valence-corrected chi connectivity index (χ2v) is 9.04. The van der Waals surface area contributed by atoms with E-state index >= 15 is 0 Å². The summed E-state index contributed by atoms with van der Waals surface area (Å²) >= 11 is 0. The zero-order valence-electron chi connectivity index (χ0n) is 14.8. The van der Waals surface area contributed by atoms with Crippen LogP contribution in [-0.2, 0) is 22.0 Å². The monoisotopic (exact) mass is 368 g/mol. The molecule has 2 aromatic carbocycles. The van der Waals surface area contributed by atoms with Crippen LogP contribution >= 0.6 is 0 Å². The standard InChI is InChI=1S/C20H20N2O3S/c1-14-4-3-5-19(17(14)11-21)26(23,24)22-12-15-6-7-16(25-2)10-18(15)20(13-22)8-9-20/h3-7,10H,8-9,12-13H2,1-2H3. The number of benzene rings is 2. The third-order valence-electron chi connectivity index (χ3n) is 5.53. The summed E-state index contributed by atoms with van der Waals surface area (Å²) < 4.78 is 33.5. The van der Waals surface area contributed by atoms with E-state index in [1.807, 2.05) is 18.2 Å². The van der Waals surface area contributed by atoms with Crippen molar-refractivity contribution < 1.29 is 13.2 Å². The van der Waals surface area contributed by atoms with Gasteiger partial charge in [0.05, 0.1) is 12.7 Å². The lowest BCUT2D eigenvalue weighted by Gasteiger charge is -2.34. The average Bonchev–Trinajstić information content (AvgIpc) is 3.41. The number of aryl methyl sites for hydroxylation is 1. The van der Waals surface area contributed by atoms with Crippen molar-refractivity contribution in [2.75, 3.05) is 13.7 Å². The molecule has 2 aromatic rings. The lowest BCUT2D eigenvalue weighted by molar-refractivity contribution is 0.342. The second-order valence-electron chi connectivity index (χ2n) is 7.14. The number of hydrogen-bond acceptors (Lipinski definition) is 4. The maximum atomic E-state index is 13.3. The summed E-state index contributed by atoms with van der Waals surface area (Å²) in [4.78, 5) is 0.104. The van der Waals surface area contributed by atoms with Crippen molar-refractivity contribution >= 4 is 10.0 Å². The molecule has 0 amide bonds. The van der Waals surface area contributed by atoms with Crippen molar-refractivity contribution in [2.24, 2.45) is 0 Å². The SMILES string of the molecule is COc1ccc2c(c1)C1(CC1)CN(S(=O)(=O)c1cccc(C)c1C#N)C2. The Labute approximate surface area is 153 Å². The van der Waals surface area contributed by atoms with E-state index in [0.29, 0.717) is 18.7 Å². The molecule has 0 aromatic heterocycles. The minimum Gasteiger partial charge on any atom is -0.497 e. The van der Waals surface area contributed by atoms with Crippen molar-refractivity contribution in [1.29, 1.82) is 5.26 Å². The molecule has 1 fully saturated rings. The quantitative estimate of drug-likeness (QED) is 0.835. The normalized spacial score (nSPS) is 18.2. The highest BCUT2D eigenvalue weighted by Crippen LogP contribution is 2.53. The molecule has 1 saturated carbocycles. The zero-order valence-corrected chi connectivity index (χ0v) is 15.6. The number of sulfonamides is 1. The maximum absolute atomic E-state index is 13.3. The van der Waals surface area contributed by atoms with Gasteiger partial charge in [-0.05, 0) is 54.7 Å². The highest BCUT2D eigenvalue weighted by atomic mass is 32.2. The third-order valence-corrected chi connectivity index (χ3v) is 7.37. The van der Waals surface area contributed by atoms with Crippen LogP contribution < -0.4 is 4.74 Å². The van der Waals surface area contributed by atoms with Crippen LogP contribution in [0.15, 0.2) is 41.3 Å². The second kappa shape index (κ2) is 5.83. The van der Waals surface area contributed by atoms with E-state index in [1.54, 1.807) is 26.2 Å². The van der Waals surface area contributed by atoms with Crippen LogP contribution in [0.5, 0.6) is 5.75 Å². The molecule has 1 spiro atoms. The Morgan fingerprint density at radius 3 is 2.65 bits per heavy atom. The van der Waals surface area contributed by atoms with Crippen LogP contribution in [0.2, 0.25) is 0 Å². The van der Waals surface area contributed by atoms with Gasteiger partial charge in [-0.1, -0.05) is 18.2 Å². The van der Waals surface area contributed by atoms with Crippen LogP contribution in [0, 0.1) is 18.3 Å². The number of rotatable bonds is 3. The minimum atomic E-state index is -3.74. The molecule has 1 aliphatic heterocycles. The van der Waals surface area contributed by atoms with Crippen molar-refractivity contribution in [3.8, 4) is 11.8 Å². The van der Waals surface area contributed by atoms with Crippen LogP contribution in [0.3, 0.4) is 0 Å². The number of fused-ring (bicyclic) bond motifs is 2. The lowest BCUT2D eigenvalue weighted by Crippen LogP contribution is -2.41. The van der Waals surface area contributed by atoms with E-state index in [-0.39, 0.29) is 15.9 Å². The van der Waals surface area contributed by atoms with Gasteiger partial charge in [-0.3, -0.25) is 0 Å². The Morgan fingerprint density at radius 2 is 2.00 bits per heavy atom. The number of methoxy groups -OCH3 is 1. The summed E-state index contributed by atoms with van der Waals surface area (Å²) in [6, 6.07) is 12.9. The molecule has 6 heteroatoms. The van der Waals surface area contributed by atoms with E-state index in [9.17, 15) is 13.7 Å². The first-order chi connectivity index (χ1) is 12.4. The third kappa shape index (κ3) is 2.51. The van der Waals surface area contributed by atoms with Gasteiger partial charge in [0.15, 0.2) is 0 Å². The van der Waals surface area contributed by atoms with Gasteiger partial charge in [0.1, 0.15) is 16.7 Å². The molecule has 134 valence electrons. The lowest BCUT2D eigenvalue weighted by atomic mass is 9.88. The molecule has 0 bridgehead atoms. The zero-order chi connectivity index (χ0) is 18.5. The molecule has 0 atom stereocenters. The van der Waals surface area contributed by atoms with Gasteiger partial charge in [-0.25, -0.2) is 8.42 Å². The van der Waals surface area contributed by atoms with E-state index in [1.165, 1.54) is 15.9 Å². The topological polar surface area (TPSA) is 70.4 Å². The fourth-order valence-electron chi connectivity index (χ4n) is 3.87. The molecular formula is C20H20N2O3S. The molecule has 0 N–H and O–H groups in total. The van der Waals surface area contributed by atoms with Gasteiger partial charge < -0.3 is 4.74 Å². The van der Waals surface area contributed by atoms with Crippen LogP contribution in [0.25, 0.3) is 0 Å². The fraction of sp³-hybridized carbons (Fsp3) is 0.350. The maximum Gasteiger partial charge on any atom is 0.244 e. The van der Waals surface area contributed by atoms with Crippen molar-refractivity contribution in [3.63, 3.8) is 0 Å². The summed E-state index contributed by atoms with van der Waals surface area (Å²) in [5.74, 6) is 0.803. The smallest absolute Gasteiger partial charge is 0.244 e. The van der Waals surface area contributed by atoms with E-state index in [2.05, 4.69) is 6.07 Å². The van der Waals surface area contributed by atoms with E-state index in [4.69, 9.17) is 4.74 Å². The van der Waals surface area contributed by atoms with Gasteiger partial charge in [0, 0.05) is 18.5 Å². The highest BCUT2D eigenvalue weighted by molar-refractivity contribution is 7.89. The van der Waals surface area contributed by atoms with Crippen LogP contribution in [-0.4, -0.2) is 26.4 Å². The van der Waals surface area contributed by atoms with E-state index < -0.39 is 10.0 Å². The fourth-order valence-corrected chi connectivity index (χ4v) is 5.59. The summed E-state index contributed by atoms with van der Waals surface area (Å²) in [7, 11) is -2.10. The Hall–Kier alpha value is -2.36. The molecule has 5 nitrogen and oxygen atoms in total. The van der Waals surface area contributed by atoms with Gasteiger partial charge in [0.2, 0.25) is 10.0 Å². The molecule has 0 radical (unpaired) electrons. The van der Waals surface area contributed by atoms with Crippen molar-refractivity contribution in [1.82, 2.24) is 4.31 Å². The molecule has 1 aliphatic carbocycles. The molecule has 1 heterocycles. The molecule has 26 heavy (non-hydrogen) atoms. The average molecular weight is 368 g/mol. The van der Waals surface area contributed by atoms with Gasteiger partial charge >= 0.3 is 0 Å². The van der Waals surface area contributed by atoms with Gasteiger partial charge in [-0.15, -0.1) is 0 Å². The Bertz CT molecular complexity index is 1030. The van der Waals surface area contributed by atoms with E-state index in [0.717, 1.165) is 24.2 Å². The van der Waals surface area contributed by atoms with Crippen molar-refractivity contribution in [2.45, 2.75) is 36.6 Å². The summed E-state index contributed by atoms with van der Waals surface area (Å²) in [6.07, 6.45) is 1.94. The van der Waals surface area contributed by atoms with Gasteiger partial charge in [0.25, 0.3) is 0 Å². The Morgan fingerprint density at radius 1 is 1.23 bits per heavy atom. The molecular weight excluding hydrogens is 348 g/mol. The Balaban J connectivity index is 1.78. The predicted octanol–water partition coefficient (Wildman–Crippen LogP) is 3.11. The largest absolute Gasteiger partial charge is 0.497 e. The molecule has 4 rings (SSSR count). The molecule has 0 unspecified atom stereocenters. The summed E-state index contributed by atoms with van der Waals surface area (Å²) in [6.45, 7) is 2.54.